The van der Waals surface area contributed by atoms with E-state index in [1.54, 1.807) is 0 Å². The first-order chi connectivity index (χ1) is 8.02. The summed E-state index contributed by atoms with van der Waals surface area (Å²) in [6.07, 6.45) is -4.40. The summed E-state index contributed by atoms with van der Waals surface area (Å²) in [5.41, 5.74) is 0. The molecule has 2 N–H and O–H groups in total. The molecule has 0 saturated heterocycles. The first-order valence-electron chi connectivity index (χ1n) is 4.09. The van der Waals surface area contributed by atoms with Gasteiger partial charge in [0.2, 0.25) is 0 Å². The van der Waals surface area contributed by atoms with Gasteiger partial charge >= 0.3 is 25.7 Å². The monoisotopic (exact) mass is 392 g/mol. The Balaban J connectivity index is -0.0000000499. The Kier molecular flexibility index (Phi) is 27.6. The molecule has 20 heavy (non-hydrogen) atoms. The smallest absolute Gasteiger partial charge is 0.433 e. The van der Waals surface area contributed by atoms with Gasteiger partial charge in [-0.25, -0.2) is 0 Å². The van der Waals surface area contributed by atoms with Crippen LogP contribution in [0, 0.1) is 13.4 Å². The van der Waals surface area contributed by atoms with Crippen molar-refractivity contribution in [1.29, 1.82) is 0 Å². The molecule has 0 aliphatic carbocycles. The summed E-state index contributed by atoms with van der Waals surface area (Å²) in [5.74, 6) is 0. The maximum Gasteiger partial charge on any atom is 2.00 e. The summed E-state index contributed by atoms with van der Waals surface area (Å²) in [7, 11) is -1.61. The van der Waals surface area contributed by atoms with Crippen LogP contribution in [0.2, 0.25) is 19.6 Å². The second-order valence-corrected chi connectivity index (χ2v) is 7.71. The first-order valence-corrected chi connectivity index (χ1v) is 7.54. The van der Waals surface area contributed by atoms with Crippen molar-refractivity contribution >= 4 is 8.32 Å². The standard InChI is InChI=1S/C3H10OSi.C2H3F3O.2CF3.Zn/c1-5(2,3)4;3-2(4,5)1-6;2*2-1(3)4;/h4H,1-3H3;6H,1H2;;;/q;;2*-1;+2. The fraction of sp³-hybridized carbons (Fsp3) is 0.714. The van der Waals surface area contributed by atoms with Crippen LogP contribution in [0.4, 0.5) is 39.5 Å². The van der Waals surface area contributed by atoms with Gasteiger partial charge in [-0.2, -0.15) is 13.2 Å². The Bertz CT molecular complexity index is 157. The van der Waals surface area contributed by atoms with Crippen LogP contribution >= 0.6 is 0 Å². The molecule has 0 amide bonds. The first kappa shape index (κ1) is 32.2. The quantitative estimate of drug-likeness (QED) is 0.370. The average Bonchev–Trinajstić information content (AvgIpc) is 1.96. The number of hydrogen-bond donors (Lipinski definition) is 2. The molecule has 0 radical (unpaired) electrons. The SMILES string of the molecule is C[Si](C)(C)O.F[C-](F)F.F[C-](F)F.OCC(F)(F)F.[Zn+2]. The van der Waals surface area contributed by atoms with Crippen molar-refractivity contribution in [1.82, 2.24) is 0 Å². The van der Waals surface area contributed by atoms with E-state index in [9.17, 15) is 39.5 Å². The third kappa shape index (κ3) is 543. The Labute approximate surface area is 123 Å². The van der Waals surface area contributed by atoms with Crippen LogP contribution in [0.15, 0.2) is 0 Å². The fourth-order valence-electron chi connectivity index (χ4n) is 0. The second kappa shape index (κ2) is 17.2. The number of rotatable bonds is 0. The summed E-state index contributed by atoms with van der Waals surface area (Å²) in [5, 5.41) is 7.28. The van der Waals surface area contributed by atoms with Gasteiger partial charge in [0.05, 0.1) is 0 Å². The number of alkyl halides is 3. The molecule has 0 bridgehead atoms. The zero-order valence-corrected chi connectivity index (χ0v) is 14.7. The molecule has 0 aliphatic heterocycles. The Morgan fingerprint density at radius 3 is 0.900 bits per heavy atom. The van der Waals surface area contributed by atoms with Gasteiger partial charge in [0.15, 0.2) is 21.7 Å². The van der Waals surface area contributed by atoms with Gasteiger partial charge in [-0.05, 0) is 19.6 Å². The normalized spacial score (nSPS) is 10.2. The van der Waals surface area contributed by atoms with Crippen molar-refractivity contribution < 1.29 is 68.9 Å². The summed E-state index contributed by atoms with van der Waals surface area (Å²) in [4.78, 5) is 8.66. The summed E-state index contributed by atoms with van der Waals surface area (Å²) in [6, 6.07) is 0. The largest absolute Gasteiger partial charge is 2.00 e. The minimum Gasteiger partial charge on any atom is -0.433 e. The van der Waals surface area contributed by atoms with Gasteiger partial charge in [-0.3, -0.25) is 0 Å². The molecule has 0 rings (SSSR count). The van der Waals surface area contributed by atoms with Crippen LogP contribution in [-0.2, 0) is 19.5 Å². The zero-order valence-electron chi connectivity index (χ0n) is 10.7. The Morgan fingerprint density at radius 1 is 0.850 bits per heavy atom. The molecule has 0 aromatic rings. The van der Waals surface area contributed by atoms with Crippen LogP contribution in [-0.4, -0.2) is 31.0 Å². The van der Waals surface area contributed by atoms with Crippen LogP contribution in [0.25, 0.3) is 0 Å². The molecule has 13 heteroatoms. The van der Waals surface area contributed by atoms with Crippen molar-refractivity contribution in [2.45, 2.75) is 25.8 Å². The van der Waals surface area contributed by atoms with E-state index in [0.29, 0.717) is 0 Å². The van der Waals surface area contributed by atoms with Crippen molar-refractivity contribution in [3.63, 3.8) is 0 Å². The van der Waals surface area contributed by atoms with Crippen molar-refractivity contribution in [2.24, 2.45) is 0 Å². The van der Waals surface area contributed by atoms with E-state index in [-0.39, 0.29) is 19.5 Å². The van der Waals surface area contributed by atoms with Crippen LogP contribution < -0.4 is 0 Å². The van der Waals surface area contributed by atoms with Crippen molar-refractivity contribution in [3.05, 3.63) is 13.4 Å². The molecular formula is C7H13F9O2SiZn. The molecule has 0 unspecified atom stereocenters. The summed E-state index contributed by atoms with van der Waals surface area (Å²) < 4.78 is 89.1. The van der Waals surface area contributed by atoms with E-state index in [4.69, 9.17) is 9.90 Å². The molecule has 2 nitrogen and oxygen atoms in total. The van der Waals surface area contributed by atoms with Gasteiger partial charge in [-0.15, -0.1) is 0 Å². The van der Waals surface area contributed by atoms with E-state index in [0.717, 1.165) is 0 Å². The van der Waals surface area contributed by atoms with Crippen molar-refractivity contribution in [3.8, 4) is 0 Å². The molecule has 0 saturated carbocycles. The number of hydrogen-bond acceptors (Lipinski definition) is 2. The molecule has 0 heterocycles. The van der Waals surface area contributed by atoms with E-state index in [1.165, 1.54) is 0 Å². The topological polar surface area (TPSA) is 40.5 Å². The van der Waals surface area contributed by atoms with Gasteiger partial charge in [0.1, 0.15) is 6.61 Å². The molecular weight excluding hydrogens is 381 g/mol. The Hall–Kier alpha value is 0.130. The minimum atomic E-state index is -4.40. The van der Waals surface area contributed by atoms with Crippen molar-refractivity contribution in [2.75, 3.05) is 6.61 Å². The van der Waals surface area contributed by atoms with E-state index in [1.807, 2.05) is 19.6 Å². The number of aliphatic hydroxyl groups excluding tert-OH is 1. The zero-order chi connectivity index (χ0) is 16.9. The molecule has 0 aliphatic rings. The minimum absolute atomic E-state index is 0. The third-order valence-electron chi connectivity index (χ3n) is 0.179. The van der Waals surface area contributed by atoms with E-state index >= 15 is 0 Å². The van der Waals surface area contributed by atoms with Gasteiger partial charge in [0.25, 0.3) is 0 Å². The maximum atomic E-state index is 10.5. The molecule has 0 aromatic heterocycles. The predicted octanol–water partition coefficient (Wildman–Crippen LogP) is 4.04. The van der Waals surface area contributed by atoms with E-state index < -0.39 is 34.5 Å². The van der Waals surface area contributed by atoms with Gasteiger partial charge in [0, 0.05) is 0 Å². The number of aliphatic hydroxyl groups is 1. The molecule has 122 valence electrons. The molecule has 0 atom stereocenters. The molecule has 0 aromatic carbocycles. The maximum absolute atomic E-state index is 10.5. The number of halogens is 9. The molecule has 0 spiro atoms. The van der Waals surface area contributed by atoms with Crippen LogP contribution in [0.3, 0.4) is 0 Å². The molecule has 0 fully saturated rings. The summed E-state index contributed by atoms with van der Waals surface area (Å²) in [6.45, 7) is -2.25. The van der Waals surface area contributed by atoms with Crippen LogP contribution in [0.1, 0.15) is 0 Å². The Morgan fingerprint density at radius 2 is 0.900 bits per heavy atom. The van der Waals surface area contributed by atoms with Gasteiger partial charge in [-0.1, -0.05) is 0 Å². The summed E-state index contributed by atoms with van der Waals surface area (Å²) >= 11 is 0. The van der Waals surface area contributed by atoms with Gasteiger partial charge < -0.3 is 36.2 Å². The predicted molar refractivity (Wildman–Crippen MR) is 51.8 cm³/mol. The van der Waals surface area contributed by atoms with E-state index in [2.05, 4.69) is 0 Å². The second-order valence-electron chi connectivity index (χ2n) is 3.37. The average molecular weight is 394 g/mol. The fourth-order valence-corrected chi connectivity index (χ4v) is 0. The third-order valence-corrected chi connectivity index (χ3v) is 0.179. The van der Waals surface area contributed by atoms with Crippen LogP contribution in [0.5, 0.6) is 0 Å².